The fraction of sp³-hybridized carbons (Fsp3) is 0.847. The van der Waals surface area contributed by atoms with E-state index in [1.165, 1.54) is 250 Å². The highest BCUT2D eigenvalue weighted by molar-refractivity contribution is 5.71. The number of hydrogen-bond donors (Lipinski definition) is 0. The van der Waals surface area contributed by atoms with Gasteiger partial charge in [-0.3, -0.25) is 14.4 Å². The van der Waals surface area contributed by atoms with Crippen LogP contribution in [0.25, 0.3) is 0 Å². The van der Waals surface area contributed by atoms with Crippen molar-refractivity contribution in [2.75, 3.05) is 13.2 Å². The normalized spacial score (nSPS) is 12.3. The van der Waals surface area contributed by atoms with Crippen LogP contribution >= 0.6 is 0 Å². The molecule has 0 spiro atoms. The zero-order valence-corrected chi connectivity index (χ0v) is 52.5. The van der Waals surface area contributed by atoms with E-state index in [4.69, 9.17) is 14.2 Å². The number of carbonyl (C=O) groups is 3. The first-order chi connectivity index (χ1) is 38.5. The summed E-state index contributed by atoms with van der Waals surface area (Å²) in [6.45, 7) is 6.53. The Morgan fingerprint density at radius 1 is 0.269 bits per heavy atom. The van der Waals surface area contributed by atoms with Crippen LogP contribution in [0.3, 0.4) is 0 Å². The molecule has 6 nitrogen and oxygen atoms in total. The zero-order valence-electron chi connectivity index (χ0n) is 52.5. The first-order valence-electron chi connectivity index (χ1n) is 34.6. The van der Waals surface area contributed by atoms with E-state index >= 15 is 0 Å². The molecule has 0 aliphatic carbocycles. The molecule has 0 N–H and O–H groups in total. The van der Waals surface area contributed by atoms with E-state index in [9.17, 15) is 14.4 Å². The third-order valence-electron chi connectivity index (χ3n) is 15.6. The summed E-state index contributed by atoms with van der Waals surface area (Å²) in [6, 6.07) is 0. The highest BCUT2D eigenvalue weighted by Gasteiger charge is 2.19. The van der Waals surface area contributed by atoms with E-state index < -0.39 is 6.10 Å². The highest BCUT2D eigenvalue weighted by atomic mass is 16.6. The minimum Gasteiger partial charge on any atom is -0.462 e. The quantitative estimate of drug-likeness (QED) is 0.0261. The van der Waals surface area contributed by atoms with Gasteiger partial charge in [-0.2, -0.15) is 0 Å². The van der Waals surface area contributed by atoms with Gasteiger partial charge in [-0.25, -0.2) is 0 Å². The topological polar surface area (TPSA) is 78.9 Å². The second-order valence-electron chi connectivity index (χ2n) is 23.4. The lowest BCUT2D eigenvalue weighted by Crippen LogP contribution is -2.30. The van der Waals surface area contributed by atoms with Crippen LogP contribution in [0.2, 0.25) is 0 Å². The summed E-state index contributed by atoms with van der Waals surface area (Å²) in [7, 11) is 0. The largest absolute Gasteiger partial charge is 0.462 e. The molecule has 0 aromatic heterocycles. The molecule has 0 bridgehead atoms. The Hall–Kier alpha value is -2.63. The SMILES string of the molecule is CC/C=C\C/C=C\C/C=C\C/C=C\CCCCC(=O)OC(COC(=O)CCCCCCCCCCCC)COC(=O)CCCCCCCCCCCCCCCCCCCCCCCCCCCCCCCCCCCCC. The van der Waals surface area contributed by atoms with Gasteiger partial charge in [0.15, 0.2) is 6.10 Å². The summed E-state index contributed by atoms with van der Waals surface area (Å²) in [4.78, 5) is 38.2. The molecule has 0 heterocycles. The molecule has 0 amide bonds. The maximum Gasteiger partial charge on any atom is 0.306 e. The number of rotatable bonds is 64. The zero-order chi connectivity index (χ0) is 56.4. The number of esters is 3. The van der Waals surface area contributed by atoms with E-state index in [0.29, 0.717) is 19.3 Å². The summed E-state index contributed by atoms with van der Waals surface area (Å²) < 4.78 is 16.9. The van der Waals surface area contributed by atoms with Gasteiger partial charge in [0.2, 0.25) is 0 Å². The Morgan fingerprint density at radius 3 is 0.782 bits per heavy atom. The van der Waals surface area contributed by atoms with Gasteiger partial charge < -0.3 is 14.2 Å². The first kappa shape index (κ1) is 75.4. The first-order valence-corrected chi connectivity index (χ1v) is 34.6. The molecule has 0 saturated heterocycles. The van der Waals surface area contributed by atoms with E-state index in [1.54, 1.807) is 0 Å². The summed E-state index contributed by atoms with van der Waals surface area (Å²) in [5.74, 6) is -0.910. The maximum absolute atomic E-state index is 12.8. The monoisotopic (exact) mass is 1090 g/mol. The average Bonchev–Trinajstić information content (AvgIpc) is 3.44. The molecule has 0 rings (SSSR count). The van der Waals surface area contributed by atoms with Gasteiger partial charge in [0.25, 0.3) is 0 Å². The number of carbonyl (C=O) groups excluding carboxylic acids is 3. The van der Waals surface area contributed by atoms with Crippen LogP contribution in [0.5, 0.6) is 0 Å². The average molecular weight is 1090 g/mol. The molecule has 0 radical (unpaired) electrons. The molecule has 456 valence electrons. The van der Waals surface area contributed by atoms with Gasteiger partial charge in [0, 0.05) is 19.3 Å². The standard InChI is InChI=1S/C72H132O6/c1-4-7-10-13-16-19-22-24-26-27-28-29-30-31-32-33-34-35-36-37-38-39-40-41-42-43-44-45-47-48-50-53-56-59-62-65-71(74)77-68-69(67-76-70(73)64-61-58-55-52-21-18-15-12-9-6-3)78-72(75)66-63-60-57-54-51-49-46-25-23-20-17-14-11-8-5-2/h8,11,17,20,25,46,51,54,69H,4-7,9-10,12-16,18-19,21-24,26-45,47-50,52-53,55-68H2,1-3H3/b11-8-,20-17-,46-25-,54-51-. The van der Waals surface area contributed by atoms with Crippen LogP contribution in [0.1, 0.15) is 374 Å². The van der Waals surface area contributed by atoms with Gasteiger partial charge in [0.1, 0.15) is 13.2 Å². The van der Waals surface area contributed by atoms with Gasteiger partial charge in [-0.1, -0.05) is 345 Å². The van der Waals surface area contributed by atoms with Crippen LogP contribution < -0.4 is 0 Å². The van der Waals surface area contributed by atoms with Gasteiger partial charge in [0.05, 0.1) is 0 Å². The number of allylic oxidation sites excluding steroid dienone is 8. The van der Waals surface area contributed by atoms with Crippen molar-refractivity contribution >= 4 is 17.9 Å². The molecule has 0 aromatic rings. The molecule has 0 aliphatic rings. The smallest absolute Gasteiger partial charge is 0.306 e. The molecule has 0 aromatic carbocycles. The lowest BCUT2D eigenvalue weighted by Gasteiger charge is -2.18. The minimum absolute atomic E-state index is 0.0856. The fourth-order valence-corrected chi connectivity index (χ4v) is 10.4. The van der Waals surface area contributed by atoms with Crippen molar-refractivity contribution in [2.24, 2.45) is 0 Å². The van der Waals surface area contributed by atoms with Gasteiger partial charge in [-0.05, 0) is 57.8 Å². The number of unbranched alkanes of at least 4 members (excludes halogenated alkanes) is 45. The van der Waals surface area contributed by atoms with Crippen molar-refractivity contribution in [2.45, 2.75) is 380 Å². The van der Waals surface area contributed by atoms with Crippen LogP contribution in [0, 0.1) is 0 Å². The van der Waals surface area contributed by atoms with Crippen molar-refractivity contribution < 1.29 is 28.6 Å². The maximum atomic E-state index is 12.8. The van der Waals surface area contributed by atoms with E-state index in [2.05, 4.69) is 69.4 Å². The molecule has 0 aliphatic heterocycles. The van der Waals surface area contributed by atoms with E-state index in [1.807, 2.05) is 0 Å². The summed E-state index contributed by atoms with van der Waals surface area (Å²) in [5.41, 5.74) is 0. The Balaban J connectivity index is 4.00. The van der Waals surface area contributed by atoms with Crippen LogP contribution in [0.4, 0.5) is 0 Å². The molecule has 0 saturated carbocycles. The third-order valence-corrected chi connectivity index (χ3v) is 15.6. The second-order valence-corrected chi connectivity index (χ2v) is 23.4. The second kappa shape index (κ2) is 66.9. The Kier molecular flexibility index (Phi) is 64.6. The Morgan fingerprint density at radius 2 is 0.500 bits per heavy atom. The Labute approximate surface area is 486 Å². The van der Waals surface area contributed by atoms with Gasteiger partial charge >= 0.3 is 17.9 Å². The van der Waals surface area contributed by atoms with E-state index in [-0.39, 0.29) is 37.5 Å². The lowest BCUT2D eigenvalue weighted by molar-refractivity contribution is -0.167. The predicted octanol–water partition coefficient (Wildman–Crippen LogP) is 23.7. The van der Waals surface area contributed by atoms with Gasteiger partial charge in [-0.15, -0.1) is 0 Å². The highest BCUT2D eigenvalue weighted by Crippen LogP contribution is 2.19. The molecular weight excluding hydrogens is 961 g/mol. The summed E-state index contributed by atoms with van der Waals surface area (Å²) >= 11 is 0. The minimum atomic E-state index is -0.791. The molecule has 6 heteroatoms. The molecule has 1 unspecified atom stereocenters. The molecule has 1 atom stereocenters. The third kappa shape index (κ3) is 64.2. The summed E-state index contributed by atoms with van der Waals surface area (Å²) in [6.07, 6.45) is 84.7. The van der Waals surface area contributed by atoms with Crippen molar-refractivity contribution in [3.05, 3.63) is 48.6 Å². The van der Waals surface area contributed by atoms with Crippen molar-refractivity contribution in [1.29, 1.82) is 0 Å². The fourth-order valence-electron chi connectivity index (χ4n) is 10.4. The van der Waals surface area contributed by atoms with Crippen LogP contribution in [-0.4, -0.2) is 37.2 Å². The lowest BCUT2D eigenvalue weighted by atomic mass is 10.0. The molecule has 78 heavy (non-hydrogen) atoms. The molecular formula is C72H132O6. The Bertz CT molecular complexity index is 1350. The van der Waals surface area contributed by atoms with Crippen molar-refractivity contribution in [3.8, 4) is 0 Å². The van der Waals surface area contributed by atoms with Crippen LogP contribution in [0.15, 0.2) is 48.6 Å². The molecule has 0 fully saturated rings. The number of hydrogen-bond acceptors (Lipinski definition) is 6. The van der Waals surface area contributed by atoms with Crippen molar-refractivity contribution in [3.63, 3.8) is 0 Å². The number of ether oxygens (including phenoxy) is 3. The van der Waals surface area contributed by atoms with E-state index in [0.717, 1.165) is 77.0 Å². The van der Waals surface area contributed by atoms with Crippen LogP contribution in [-0.2, 0) is 28.6 Å². The predicted molar refractivity (Wildman–Crippen MR) is 339 cm³/mol. The van der Waals surface area contributed by atoms with Crippen molar-refractivity contribution in [1.82, 2.24) is 0 Å². The summed E-state index contributed by atoms with van der Waals surface area (Å²) in [5, 5.41) is 0.